The van der Waals surface area contributed by atoms with Gasteiger partial charge in [-0.1, -0.05) is 25.0 Å². The smallest absolute Gasteiger partial charge is 0.411 e. The van der Waals surface area contributed by atoms with Crippen LogP contribution < -0.4 is 11.1 Å². The summed E-state index contributed by atoms with van der Waals surface area (Å²) >= 11 is 0. The third-order valence-electron chi connectivity index (χ3n) is 3.36. The van der Waals surface area contributed by atoms with Gasteiger partial charge in [-0.05, 0) is 36.5 Å². The van der Waals surface area contributed by atoms with Crippen molar-refractivity contribution in [3.05, 3.63) is 29.8 Å². The Morgan fingerprint density at radius 1 is 1.28 bits per heavy atom. The third kappa shape index (κ3) is 3.74. The topological polar surface area (TPSA) is 64.3 Å². The molecule has 1 aliphatic carbocycles. The third-order valence-corrected chi connectivity index (χ3v) is 3.36. The molecule has 0 unspecified atom stereocenters. The van der Waals surface area contributed by atoms with Crippen LogP contribution in [0.5, 0.6) is 0 Å². The second kappa shape index (κ2) is 6.40. The van der Waals surface area contributed by atoms with Crippen LogP contribution in [0.4, 0.5) is 10.5 Å². The number of nitrogens with one attached hydrogen (secondary N) is 1. The summed E-state index contributed by atoms with van der Waals surface area (Å²) in [6.07, 6.45) is 4.51. The Morgan fingerprint density at radius 3 is 2.56 bits per heavy atom. The second-order valence-corrected chi connectivity index (χ2v) is 4.77. The maximum atomic E-state index is 11.6. The number of carbonyl (C=O) groups excluding carboxylic acids is 1. The summed E-state index contributed by atoms with van der Waals surface area (Å²) < 4.78 is 5.21. The minimum absolute atomic E-state index is 0.373. The number of benzene rings is 1. The molecule has 4 nitrogen and oxygen atoms in total. The van der Waals surface area contributed by atoms with Crippen LogP contribution in [0, 0.1) is 5.92 Å². The average molecular weight is 248 g/mol. The number of carbonyl (C=O) groups is 1. The van der Waals surface area contributed by atoms with Gasteiger partial charge in [0.25, 0.3) is 0 Å². The summed E-state index contributed by atoms with van der Waals surface area (Å²) in [6, 6.07) is 7.46. The van der Waals surface area contributed by atoms with Gasteiger partial charge in [0.05, 0.1) is 6.61 Å². The van der Waals surface area contributed by atoms with Crippen molar-refractivity contribution in [1.82, 2.24) is 0 Å². The molecule has 0 heterocycles. The van der Waals surface area contributed by atoms with Gasteiger partial charge in [-0.15, -0.1) is 0 Å². The van der Waals surface area contributed by atoms with Crippen LogP contribution in [-0.2, 0) is 11.3 Å². The SMILES string of the molecule is NCc1ccc(NC(=O)OCC2CCCC2)cc1. The predicted octanol–water partition coefficient (Wildman–Crippen LogP) is 2.88. The molecule has 0 aromatic heterocycles. The fraction of sp³-hybridized carbons (Fsp3) is 0.500. The number of nitrogens with two attached hydrogens (primary N) is 1. The molecule has 98 valence electrons. The molecule has 18 heavy (non-hydrogen) atoms. The van der Waals surface area contributed by atoms with E-state index in [1.165, 1.54) is 25.7 Å². The zero-order valence-electron chi connectivity index (χ0n) is 10.5. The first-order chi connectivity index (χ1) is 8.78. The Bertz CT molecular complexity index is 383. The number of rotatable bonds is 4. The monoisotopic (exact) mass is 248 g/mol. The van der Waals surface area contributed by atoms with Crippen LogP contribution in [0.2, 0.25) is 0 Å². The molecule has 0 aliphatic heterocycles. The highest BCUT2D eigenvalue weighted by atomic mass is 16.5. The van der Waals surface area contributed by atoms with Crippen LogP contribution in [0.25, 0.3) is 0 Å². The van der Waals surface area contributed by atoms with Crippen molar-refractivity contribution in [2.75, 3.05) is 11.9 Å². The fourth-order valence-corrected chi connectivity index (χ4v) is 2.25. The quantitative estimate of drug-likeness (QED) is 0.861. The Labute approximate surface area is 108 Å². The Kier molecular flexibility index (Phi) is 4.59. The first-order valence-electron chi connectivity index (χ1n) is 6.50. The number of anilines is 1. The zero-order valence-corrected chi connectivity index (χ0v) is 10.5. The predicted molar refractivity (Wildman–Crippen MR) is 71.3 cm³/mol. The first kappa shape index (κ1) is 12.9. The van der Waals surface area contributed by atoms with Crippen molar-refractivity contribution < 1.29 is 9.53 Å². The van der Waals surface area contributed by atoms with E-state index in [-0.39, 0.29) is 6.09 Å². The maximum Gasteiger partial charge on any atom is 0.411 e. The zero-order chi connectivity index (χ0) is 12.8. The van der Waals surface area contributed by atoms with E-state index in [0.29, 0.717) is 19.1 Å². The molecule has 0 bridgehead atoms. The lowest BCUT2D eigenvalue weighted by molar-refractivity contribution is 0.142. The Hall–Kier alpha value is -1.55. The van der Waals surface area contributed by atoms with Crippen LogP contribution in [-0.4, -0.2) is 12.7 Å². The van der Waals surface area contributed by atoms with E-state index < -0.39 is 0 Å². The molecular weight excluding hydrogens is 228 g/mol. The highest BCUT2D eigenvalue weighted by molar-refractivity contribution is 5.84. The number of amides is 1. The largest absolute Gasteiger partial charge is 0.449 e. The lowest BCUT2D eigenvalue weighted by Gasteiger charge is -2.11. The average Bonchev–Trinajstić information content (AvgIpc) is 2.90. The van der Waals surface area contributed by atoms with Crippen LogP contribution in [0.15, 0.2) is 24.3 Å². The lowest BCUT2D eigenvalue weighted by Crippen LogP contribution is -2.17. The van der Waals surface area contributed by atoms with Crippen LogP contribution in [0.1, 0.15) is 31.2 Å². The van der Waals surface area contributed by atoms with Crippen molar-refractivity contribution in [3.63, 3.8) is 0 Å². The Morgan fingerprint density at radius 2 is 1.94 bits per heavy atom. The molecule has 1 aromatic rings. The van der Waals surface area contributed by atoms with E-state index >= 15 is 0 Å². The van der Waals surface area contributed by atoms with E-state index in [1.54, 1.807) is 0 Å². The van der Waals surface area contributed by atoms with Crippen molar-refractivity contribution in [2.24, 2.45) is 11.7 Å². The van der Waals surface area contributed by atoms with E-state index in [1.807, 2.05) is 24.3 Å². The van der Waals surface area contributed by atoms with Gasteiger partial charge < -0.3 is 10.5 Å². The van der Waals surface area contributed by atoms with Gasteiger partial charge in [-0.3, -0.25) is 5.32 Å². The number of hydrogen-bond acceptors (Lipinski definition) is 3. The molecule has 0 radical (unpaired) electrons. The minimum atomic E-state index is -0.373. The fourth-order valence-electron chi connectivity index (χ4n) is 2.25. The first-order valence-corrected chi connectivity index (χ1v) is 6.50. The molecule has 0 atom stereocenters. The van der Waals surface area contributed by atoms with Crippen LogP contribution in [0.3, 0.4) is 0 Å². The van der Waals surface area contributed by atoms with Crippen molar-refractivity contribution in [1.29, 1.82) is 0 Å². The van der Waals surface area contributed by atoms with E-state index in [0.717, 1.165) is 11.3 Å². The molecule has 1 aliphatic rings. The summed E-state index contributed by atoms with van der Waals surface area (Å²) in [5.74, 6) is 0.551. The van der Waals surface area contributed by atoms with Gasteiger partial charge >= 0.3 is 6.09 Å². The highest BCUT2D eigenvalue weighted by Crippen LogP contribution is 2.24. The van der Waals surface area contributed by atoms with E-state index in [2.05, 4.69) is 5.32 Å². The molecule has 4 heteroatoms. The van der Waals surface area contributed by atoms with Gasteiger partial charge in [-0.25, -0.2) is 4.79 Å². The summed E-state index contributed by atoms with van der Waals surface area (Å²) in [5, 5.41) is 2.72. The molecule has 0 spiro atoms. The van der Waals surface area contributed by atoms with Gasteiger partial charge in [0.1, 0.15) is 0 Å². The van der Waals surface area contributed by atoms with Gasteiger partial charge in [0, 0.05) is 12.2 Å². The summed E-state index contributed by atoms with van der Waals surface area (Å²) in [7, 11) is 0. The number of ether oxygens (including phenoxy) is 1. The summed E-state index contributed by atoms with van der Waals surface area (Å²) in [4.78, 5) is 11.6. The molecule has 3 N–H and O–H groups in total. The molecule has 2 rings (SSSR count). The summed E-state index contributed by atoms with van der Waals surface area (Å²) in [6.45, 7) is 1.04. The molecule has 1 saturated carbocycles. The number of hydrogen-bond donors (Lipinski definition) is 2. The summed E-state index contributed by atoms with van der Waals surface area (Å²) in [5.41, 5.74) is 7.29. The molecule has 1 aromatic carbocycles. The van der Waals surface area contributed by atoms with Crippen molar-refractivity contribution in [2.45, 2.75) is 32.2 Å². The van der Waals surface area contributed by atoms with Crippen molar-refractivity contribution >= 4 is 11.8 Å². The van der Waals surface area contributed by atoms with Gasteiger partial charge in [-0.2, -0.15) is 0 Å². The molecule has 1 fully saturated rings. The van der Waals surface area contributed by atoms with Crippen LogP contribution >= 0.6 is 0 Å². The second-order valence-electron chi connectivity index (χ2n) is 4.77. The minimum Gasteiger partial charge on any atom is -0.449 e. The molecule has 1 amide bonds. The van der Waals surface area contributed by atoms with Crippen molar-refractivity contribution in [3.8, 4) is 0 Å². The maximum absolute atomic E-state index is 11.6. The normalized spacial score (nSPS) is 15.6. The standard InChI is InChI=1S/C14H20N2O2/c15-9-11-5-7-13(8-6-11)16-14(17)18-10-12-3-1-2-4-12/h5-8,12H,1-4,9-10,15H2,(H,16,17). The lowest BCUT2D eigenvalue weighted by atomic mass is 10.1. The highest BCUT2D eigenvalue weighted by Gasteiger charge is 2.16. The van der Waals surface area contributed by atoms with Gasteiger partial charge in [0.2, 0.25) is 0 Å². The van der Waals surface area contributed by atoms with E-state index in [4.69, 9.17) is 10.5 Å². The Balaban J connectivity index is 1.75. The molecule has 0 saturated heterocycles. The van der Waals surface area contributed by atoms with Gasteiger partial charge in [0.15, 0.2) is 0 Å². The molecular formula is C14H20N2O2. The van der Waals surface area contributed by atoms with E-state index in [9.17, 15) is 4.79 Å².